The van der Waals surface area contributed by atoms with Gasteiger partial charge in [0.2, 0.25) is 0 Å². The van der Waals surface area contributed by atoms with Gasteiger partial charge in [0.1, 0.15) is 0 Å². The third-order valence-corrected chi connectivity index (χ3v) is 4.59. The third kappa shape index (κ3) is 10.5. The Morgan fingerprint density at radius 3 is 2.30 bits per heavy atom. The predicted molar refractivity (Wildman–Crippen MR) is 103 cm³/mol. The standard InChI is InChI=1S/C20H39N3/c1-2-3-4-5-6-7-8-9-10-11-12-13-14-15-20-22-17-19-23(20)18-16-21/h11-12H,2-10,13-19,21H2,1H3/b12-11+. The van der Waals surface area contributed by atoms with Crippen LogP contribution in [0.3, 0.4) is 0 Å². The third-order valence-electron chi connectivity index (χ3n) is 4.59. The molecule has 23 heavy (non-hydrogen) atoms. The van der Waals surface area contributed by atoms with Crippen LogP contribution >= 0.6 is 0 Å². The van der Waals surface area contributed by atoms with Gasteiger partial charge in [-0.15, -0.1) is 0 Å². The summed E-state index contributed by atoms with van der Waals surface area (Å²) in [4.78, 5) is 6.94. The van der Waals surface area contributed by atoms with E-state index in [1.54, 1.807) is 0 Å². The van der Waals surface area contributed by atoms with Crippen molar-refractivity contribution in [2.75, 3.05) is 26.2 Å². The lowest BCUT2D eigenvalue weighted by Crippen LogP contribution is -2.32. The van der Waals surface area contributed by atoms with Crippen LogP contribution in [0.1, 0.15) is 84.0 Å². The van der Waals surface area contributed by atoms with Crippen LogP contribution in [0.4, 0.5) is 0 Å². The summed E-state index contributed by atoms with van der Waals surface area (Å²) in [6, 6.07) is 0. The van der Waals surface area contributed by atoms with Crippen LogP contribution in [0, 0.1) is 0 Å². The smallest absolute Gasteiger partial charge is 0.0990 e. The zero-order valence-corrected chi connectivity index (χ0v) is 15.4. The highest BCUT2D eigenvalue weighted by atomic mass is 15.2. The van der Waals surface area contributed by atoms with E-state index in [0.29, 0.717) is 0 Å². The number of rotatable bonds is 15. The maximum atomic E-state index is 5.64. The lowest BCUT2D eigenvalue weighted by atomic mass is 10.1. The average Bonchev–Trinajstić information content (AvgIpc) is 2.99. The zero-order valence-electron chi connectivity index (χ0n) is 15.4. The molecule has 1 heterocycles. The number of nitrogens with zero attached hydrogens (tertiary/aromatic N) is 2. The average molecular weight is 322 g/mol. The molecular formula is C20H39N3. The first-order valence-electron chi connectivity index (χ1n) is 10.0. The molecule has 134 valence electrons. The molecule has 1 aliphatic rings. The summed E-state index contributed by atoms with van der Waals surface area (Å²) < 4.78 is 0. The van der Waals surface area contributed by atoms with Gasteiger partial charge in [0.25, 0.3) is 0 Å². The van der Waals surface area contributed by atoms with Crippen molar-refractivity contribution >= 4 is 5.84 Å². The van der Waals surface area contributed by atoms with Gasteiger partial charge in [-0.25, -0.2) is 0 Å². The van der Waals surface area contributed by atoms with E-state index < -0.39 is 0 Å². The number of hydrogen-bond acceptors (Lipinski definition) is 3. The molecule has 3 nitrogen and oxygen atoms in total. The Kier molecular flexibility index (Phi) is 13.0. The molecule has 0 radical (unpaired) electrons. The molecule has 0 aromatic carbocycles. The highest BCUT2D eigenvalue weighted by Crippen LogP contribution is 2.11. The van der Waals surface area contributed by atoms with Crippen LogP contribution in [0.25, 0.3) is 0 Å². The molecule has 0 saturated carbocycles. The molecular weight excluding hydrogens is 282 g/mol. The highest BCUT2D eigenvalue weighted by molar-refractivity contribution is 5.83. The molecule has 0 fully saturated rings. The van der Waals surface area contributed by atoms with Gasteiger partial charge in [-0.3, -0.25) is 4.99 Å². The number of amidine groups is 1. The number of aliphatic imine (C=N–C) groups is 1. The molecule has 0 aromatic heterocycles. The zero-order chi connectivity index (χ0) is 16.6. The fraction of sp³-hybridized carbons (Fsp3) is 0.850. The normalized spacial score (nSPS) is 14.9. The molecule has 0 saturated heterocycles. The minimum absolute atomic E-state index is 0.734. The van der Waals surface area contributed by atoms with E-state index in [0.717, 1.165) is 32.6 Å². The second-order valence-corrected chi connectivity index (χ2v) is 6.70. The Morgan fingerprint density at radius 1 is 0.957 bits per heavy atom. The molecule has 0 aliphatic carbocycles. The summed E-state index contributed by atoms with van der Waals surface area (Å²) in [5, 5.41) is 0. The quantitative estimate of drug-likeness (QED) is 0.344. The lowest BCUT2D eigenvalue weighted by molar-refractivity contribution is 0.458. The fourth-order valence-corrected chi connectivity index (χ4v) is 3.17. The van der Waals surface area contributed by atoms with E-state index in [1.165, 1.54) is 76.5 Å². The van der Waals surface area contributed by atoms with E-state index in [4.69, 9.17) is 5.73 Å². The molecule has 0 unspecified atom stereocenters. The Hall–Kier alpha value is -0.830. The van der Waals surface area contributed by atoms with Crippen molar-refractivity contribution in [3.63, 3.8) is 0 Å². The van der Waals surface area contributed by atoms with Gasteiger partial charge in [0, 0.05) is 26.1 Å². The van der Waals surface area contributed by atoms with Gasteiger partial charge in [-0.05, 0) is 25.7 Å². The van der Waals surface area contributed by atoms with Crippen molar-refractivity contribution in [3.05, 3.63) is 12.2 Å². The van der Waals surface area contributed by atoms with E-state index in [-0.39, 0.29) is 0 Å². The summed E-state index contributed by atoms with van der Waals surface area (Å²) in [5.41, 5.74) is 5.64. The SMILES string of the molecule is CCCCCCCCCC/C=C/CCCC1=NCCN1CCN. The fourth-order valence-electron chi connectivity index (χ4n) is 3.17. The van der Waals surface area contributed by atoms with Gasteiger partial charge < -0.3 is 10.6 Å². The van der Waals surface area contributed by atoms with Crippen molar-refractivity contribution in [2.24, 2.45) is 10.7 Å². The number of unbranched alkanes of at least 4 members (excludes halogenated alkanes) is 9. The van der Waals surface area contributed by atoms with Crippen LogP contribution in [-0.2, 0) is 0 Å². The maximum absolute atomic E-state index is 5.64. The van der Waals surface area contributed by atoms with Crippen molar-refractivity contribution in [1.82, 2.24) is 4.90 Å². The van der Waals surface area contributed by atoms with Gasteiger partial charge in [0.15, 0.2) is 0 Å². The van der Waals surface area contributed by atoms with Crippen LogP contribution in [0.15, 0.2) is 17.1 Å². The minimum Gasteiger partial charge on any atom is -0.357 e. The van der Waals surface area contributed by atoms with Gasteiger partial charge in [-0.1, -0.05) is 64.0 Å². The van der Waals surface area contributed by atoms with Crippen molar-refractivity contribution in [1.29, 1.82) is 0 Å². The molecule has 0 aromatic rings. The lowest BCUT2D eigenvalue weighted by Gasteiger charge is -2.18. The van der Waals surface area contributed by atoms with E-state index in [1.807, 2.05) is 0 Å². The van der Waals surface area contributed by atoms with Crippen molar-refractivity contribution in [3.8, 4) is 0 Å². The molecule has 1 aliphatic heterocycles. The topological polar surface area (TPSA) is 41.6 Å². The highest BCUT2D eigenvalue weighted by Gasteiger charge is 2.14. The van der Waals surface area contributed by atoms with Crippen LogP contribution in [-0.4, -0.2) is 36.9 Å². The predicted octanol–water partition coefficient (Wildman–Crippen LogP) is 4.92. The van der Waals surface area contributed by atoms with Gasteiger partial charge in [0.05, 0.1) is 12.4 Å². The van der Waals surface area contributed by atoms with E-state index in [2.05, 4.69) is 29.0 Å². The van der Waals surface area contributed by atoms with Crippen LogP contribution in [0.2, 0.25) is 0 Å². The summed E-state index contributed by atoms with van der Waals surface area (Å²) in [5.74, 6) is 1.28. The summed E-state index contributed by atoms with van der Waals surface area (Å²) >= 11 is 0. The van der Waals surface area contributed by atoms with Crippen LogP contribution < -0.4 is 5.73 Å². The second kappa shape index (κ2) is 14.7. The Bertz CT molecular complexity index is 323. The monoisotopic (exact) mass is 321 g/mol. The largest absolute Gasteiger partial charge is 0.357 e. The maximum Gasteiger partial charge on any atom is 0.0990 e. The first-order valence-corrected chi connectivity index (χ1v) is 10.0. The van der Waals surface area contributed by atoms with Gasteiger partial charge >= 0.3 is 0 Å². The van der Waals surface area contributed by atoms with E-state index in [9.17, 15) is 0 Å². The van der Waals surface area contributed by atoms with Crippen molar-refractivity contribution in [2.45, 2.75) is 84.0 Å². The Labute approximate surface area is 144 Å². The van der Waals surface area contributed by atoms with Crippen LogP contribution in [0.5, 0.6) is 0 Å². The summed E-state index contributed by atoms with van der Waals surface area (Å²) in [6.45, 7) is 6.01. The second-order valence-electron chi connectivity index (χ2n) is 6.70. The molecule has 0 amide bonds. The van der Waals surface area contributed by atoms with Crippen molar-refractivity contribution < 1.29 is 0 Å². The first-order chi connectivity index (χ1) is 11.4. The molecule has 0 atom stereocenters. The number of allylic oxidation sites excluding steroid dienone is 2. The first kappa shape index (κ1) is 20.2. The Morgan fingerprint density at radius 2 is 1.61 bits per heavy atom. The molecule has 2 N–H and O–H groups in total. The number of hydrogen-bond donors (Lipinski definition) is 1. The molecule has 0 spiro atoms. The summed E-state index contributed by atoms with van der Waals surface area (Å²) in [7, 11) is 0. The minimum atomic E-state index is 0.734. The summed E-state index contributed by atoms with van der Waals surface area (Å²) in [6.07, 6.45) is 20.8. The Balaban J connectivity index is 1.87. The van der Waals surface area contributed by atoms with Gasteiger partial charge in [-0.2, -0.15) is 0 Å². The molecule has 0 bridgehead atoms. The molecule has 1 rings (SSSR count). The molecule has 3 heteroatoms. The number of nitrogens with two attached hydrogens (primary N) is 1. The van der Waals surface area contributed by atoms with E-state index >= 15 is 0 Å².